The van der Waals surface area contributed by atoms with Gasteiger partial charge in [-0.1, -0.05) is 6.92 Å². The quantitative estimate of drug-likeness (QED) is 0.640. The van der Waals surface area contributed by atoms with Crippen LogP contribution in [0.1, 0.15) is 19.8 Å². The maximum absolute atomic E-state index is 11.0. The predicted octanol–water partition coefficient (Wildman–Crippen LogP) is 0.0367. The van der Waals surface area contributed by atoms with Gasteiger partial charge in [0.15, 0.2) is 0 Å². The molecule has 1 aliphatic rings. The molecule has 0 bridgehead atoms. The van der Waals surface area contributed by atoms with Crippen molar-refractivity contribution in [2.45, 2.75) is 25.8 Å². The lowest BCUT2D eigenvalue weighted by molar-refractivity contribution is 0.132. The van der Waals surface area contributed by atoms with Crippen molar-refractivity contribution in [3.05, 3.63) is 0 Å². The molecule has 0 spiro atoms. The third-order valence-corrected chi connectivity index (χ3v) is 4.86. The van der Waals surface area contributed by atoms with E-state index in [1.165, 1.54) is 32.2 Å². The summed E-state index contributed by atoms with van der Waals surface area (Å²) in [6.45, 7) is 8.18. The Bertz CT molecular complexity index is 338. The molecule has 0 radical (unpaired) electrons. The predicted molar refractivity (Wildman–Crippen MR) is 80.3 cm³/mol. The second-order valence-electron chi connectivity index (χ2n) is 5.53. The fourth-order valence-corrected chi connectivity index (χ4v) is 3.01. The number of hydrogen-bond donors (Lipinski definition) is 1. The smallest absolute Gasteiger partial charge is 0.148 e. The first-order valence-corrected chi connectivity index (χ1v) is 9.29. The highest BCUT2D eigenvalue weighted by Crippen LogP contribution is 2.14. The number of nitrogens with zero attached hydrogens (tertiary/aromatic N) is 2. The largest absolute Gasteiger partial charge is 0.314 e. The summed E-state index contributed by atoms with van der Waals surface area (Å²) in [7, 11) is -0.665. The minimum atomic E-state index is -2.84. The number of sulfone groups is 1. The van der Waals surface area contributed by atoms with Crippen molar-refractivity contribution >= 4 is 9.84 Å². The standard InChI is InChI=1S/C13H29N3O2S/c1-4-16-9-5-13(6-10-16)15(2)11-7-14-8-12-19(3,17)18/h13-14H,4-12H2,1-3H3. The lowest BCUT2D eigenvalue weighted by Crippen LogP contribution is -2.45. The summed E-state index contributed by atoms with van der Waals surface area (Å²) in [4.78, 5) is 4.90. The molecular formula is C13H29N3O2S. The van der Waals surface area contributed by atoms with E-state index in [-0.39, 0.29) is 5.75 Å². The first-order valence-electron chi connectivity index (χ1n) is 7.23. The van der Waals surface area contributed by atoms with Crippen LogP contribution >= 0.6 is 0 Å². The Morgan fingerprint density at radius 3 is 2.42 bits per heavy atom. The van der Waals surface area contributed by atoms with E-state index in [0.29, 0.717) is 12.6 Å². The van der Waals surface area contributed by atoms with Crippen molar-refractivity contribution in [3.63, 3.8) is 0 Å². The Morgan fingerprint density at radius 2 is 1.89 bits per heavy atom. The summed E-state index contributed by atoms with van der Waals surface area (Å²) in [5, 5.41) is 3.20. The van der Waals surface area contributed by atoms with Gasteiger partial charge in [-0.3, -0.25) is 0 Å². The van der Waals surface area contributed by atoms with E-state index in [0.717, 1.165) is 19.6 Å². The van der Waals surface area contributed by atoms with Crippen molar-refractivity contribution < 1.29 is 8.42 Å². The molecule has 0 amide bonds. The van der Waals surface area contributed by atoms with Gasteiger partial charge in [0.05, 0.1) is 5.75 Å². The van der Waals surface area contributed by atoms with Crippen molar-refractivity contribution in [1.29, 1.82) is 0 Å². The molecule has 1 aliphatic heterocycles. The van der Waals surface area contributed by atoms with Gasteiger partial charge in [-0.25, -0.2) is 8.42 Å². The molecule has 0 aromatic carbocycles. The fraction of sp³-hybridized carbons (Fsp3) is 1.00. The average Bonchev–Trinajstić information content (AvgIpc) is 2.37. The molecule has 5 nitrogen and oxygen atoms in total. The number of nitrogens with one attached hydrogen (secondary N) is 1. The van der Waals surface area contributed by atoms with Crippen molar-refractivity contribution in [2.75, 3.05) is 58.3 Å². The summed E-state index contributed by atoms with van der Waals surface area (Å²) < 4.78 is 22.0. The molecule has 1 fully saturated rings. The molecule has 6 heteroatoms. The summed E-state index contributed by atoms with van der Waals surface area (Å²) >= 11 is 0. The second kappa shape index (κ2) is 8.19. The molecular weight excluding hydrogens is 262 g/mol. The normalized spacial score (nSPS) is 19.2. The van der Waals surface area contributed by atoms with E-state index in [9.17, 15) is 8.42 Å². The van der Waals surface area contributed by atoms with E-state index in [1.54, 1.807) is 0 Å². The zero-order valence-electron chi connectivity index (χ0n) is 12.6. The molecule has 1 N–H and O–H groups in total. The van der Waals surface area contributed by atoms with Gasteiger partial charge in [0.1, 0.15) is 9.84 Å². The first kappa shape index (κ1) is 16.9. The molecule has 0 aromatic heterocycles. The highest BCUT2D eigenvalue weighted by atomic mass is 32.2. The van der Waals surface area contributed by atoms with Gasteiger partial charge in [0, 0.05) is 31.9 Å². The first-order chi connectivity index (χ1) is 8.92. The second-order valence-corrected chi connectivity index (χ2v) is 7.79. The van der Waals surface area contributed by atoms with Crippen LogP contribution in [0.4, 0.5) is 0 Å². The van der Waals surface area contributed by atoms with E-state index >= 15 is 0 Å². The highest BCUT2D eigenvalue weighted by Gasteiger charge is 2.20. The van der Waals surface area contributed by atoms with Crippen LogP contribution < -0.4 is 5.32 Å². The van der Waals surface area contributed by atoms with Crippen LogP contribution in [0.25, 0.3) is 0 Å². The van der Waals surface area contributed by atoms with Gasteiger partial charge in [0.2, 0.25) is 0 Å². The number of rotatable bonds is 8. The number of hydrogen-bond acceptors (Lipinski definition) is 5. The molecule has 0 aliphatic carbocycles. The number of likely N-dealkylation sites (N-methyl/N-ethyl adjacent to an activating group) is 1. The molecule has 19 heavy (non-hydrogen) atoms. The van der Waals surface area contributed by atoms with Gasteiger partial charge in [-0.2, -0.15) is 0 Å². The van der Waals surface area contributed by atoms with Gasteiger partial charge < -0.3 is 15.1 Å². The third-order valence-electron chi connectivity index (χ3n) is 3.92. The Morgan fingerprint density at radius 1 is 1.26 bits per heavy atom. The monoisotopic (exact) mass is 291 g/mol. The molecule has 0 unspecified atom stereocenters. The molecule has 0 aromatic rings. The zero-order chi connectivity index (χ0) is 14.3. The number of piperidine rings is 1. The molecule has 114 valence electrons. The lowest BCUT2D eigenvalue weighted by atomic mass is 10.0. The van der Waals surface area contributed by atoms with E-state index in [1.807, 2.05) is 0 Å². The Balaban J connectivity index is 2.09. The van der Waals surface area contributed by atoms with Crippen molar-refractivity contribution in [2.24, 2.45) is 0 Å². The van der Waals surface area contributed by atoms with E-state index < -0.39 is 9.84 Å². The van der Waals surface area contributed by atoms with Crippen molar-refractivity contribution in [3.8, 4) is 0 Å². The van der Waals surface area contributed by atoms with Crippen molar-refractivity contribution in [1.82, 2.24) is 15.1 Å². The fourth-order valence-electron chi connectivity index (χ4n) is 2.50. The van der Waals surface area contributed by atoms with Gasteiger partial charge in [-0.05, 0) is 39.5 Å². The Kier molecular flexibility index (Phi) is 7.28. The minimum absolute atomic E-state index is 0.228. The lowest BCUT2D eigenvalue weighted by Gasteiger charge is -2.36. The van der Waals surface area contributed by atoms with Gasteiger partial charge in [0.25, 0.3) is 0 Å². The Labute approximate surface area is 118 Å². The molecule has 1 rings (SSSR count). The third kappa shape index (κ3) is 7.25. The van der Waals surface area contributed by atoms with Crippen LogP contribution in [-0.4, -0.2) is 82.6 Å². The van der Waals surface area contributed by atoms with Gasteiger partial charge >= 0.3 is 0 Å². The minimum Gasteiger partial charge on any atom is -0.314 e. The SMILES string of the molecule is CCN1CCC(N(C)CCNCCS(C)(=O)=O)CC1. The zero-order valence-corrected chi connectivity index (χ0v) is 13.4. The summed E-state index contributed by atoms with van der Waals surface area (Å²) in [6, 6.07) is 0.680. The summed E-state index contributed by atoms with van der Waals surface area (Å²) in [6.07, 6.45) is 3.77. The summed E-state index contributed by atoms with van der Waals surface area (Å²) in [5.41, 5.74) is 0. The topological polar surface area (TPSA) is 52.6 Å². The average molecular weight is 291 g/mol. The van der Waals surface area contributed by atoms with Gasteiger partial charge in [-0.15, -0.1) is 0 Å². The van der Waals surface area contributed by atoms with Crippen LogP contribution in [-0.2, 0) is 9.84 Å². The van der Waals surface area contributed by atoms with Crippen LogP contribution in [0.3, 0.4) is 0 Å². The van der Waals surface area contributed by atoms with E-state index in [2.05, 4.69) is 29.1 Å². The molecule has 1 heterocycles. The van der Waals surface area contributed by atoms with Crippen LogP contribution in [0.2, 0.25) is 0 Å². The van der Waals surface area contributed by atoms with Crippen LogP contribution in [0.15, 0.2) is 0 Å². The highest BCUT2D eigenvalue weighted by molar-refractivity contribution is 7.90. The summed E-state index contributed by atoms with van der Waals surface area (Å²) in [5.74, 6) is 0.228. The molecule has 1 saturated heterocycles. The van der Waals surface area contributed by atoms with Crippen LogP contribution in [0.5, 0.6) is 0 Å². The van der Waals surface area contributed by atoms with E-state index in [4.69, 9.17) is 0 Å². The molecule has 0 atom stereocenters. The molecule has 0 saturated carbocycles. The maximum Gasteiger partial charge on any atom is 0.148 e. The number of likely N-dealkylation sites (tertiary alicyclic amines) is 1. The Hall–Kier alpha value is -0.170. The maximum atomic E-state index is 11.0. The van der Waals surface area contributed by atoms with Crippen LogP contribution in [0, 0.1) is 0 Å².